The Morgan fingerprint density at radius 2 is 1.19 bits per heavy atom. The van der Waals surface area contributed by atoms with Gasteiger partial charge in [-0.05, 0) is 26.6 Å². The molecule has 0 atom stereocenters. The van der Waals surface area contributed by atoms with E-state index in [9.17, 15) is 0 Å². The summed E-state index contributed by atoms with van der Waals surface area (Å²) in [6, 6.07) is 0. The summed E-state index contributed by atoms with van der Waals surface area (Å²) < 4.78 is 21.3. The molecule has 0 spiro atoms. The lowest BCUT2D eigenvalue weighted by Crippen LogP contribution is -2.27. The fourth-order valence-electron chi connectivity index (χ4n) is 0.949. The van der Waals surface area contributed by atoms with Gasteiger partial charge in [0, 0.05) is 6.61 Å². The third-order valence-electron chi connectivity index (χ3n) is 1.65. The third kappa shape index (κ3) is 14.1. The summed E-state index contributed by atoms with van der Waals surface area (Å²) in [5.74, 6) is 0. The minimum Gasteiger partial charge on any atom is -0.415 e. The molecule has 0 N–H and O–H groups in total. The van der Waals surface area contributed by atoms with Crippen LogP contribution < -0.4 is 0 Å². The molecule has 0 aliphatic heterocycles. The smallest absolute Gasteiger partial charge is 0.183 e. The average molecular weight is 249 g/mol. The molecule has 0 aromatic rings. The molecule has 0 aromatic carbocycles. The average Bonchev–Trinajstić information content (AvgIpc) is 2.19. The summed E-state index contributed by atoms with van der Waals surface area (Å²) >= 11 is 0. The molecule has 0 aliphatic carbocycles. The van der Waals surface area contributed by atoms with Crippen LogP contribution in [-0.2, 0) is 18.6 Å². The van der Waals surface area contributed by atoms with Crippen LogP contribution in [0.3, 0.4) is 0 Å². The van der Waals surface area contributed by atoms with E-state index in [1.54, 1.807) is 0 Å². The van der Waals surface area contributed by atoms with Crippen LogP contribution in [0.5, 0.6) is 0 Å². The summed E-state index contributed by atoms with van der Waals surface area (Å²) in [4.78, 5) is 0. The highest BCUT2D eigenvalue weighted by Crippen LogP contribution is 2.01. The topological polar surface area (TPSA) is 36.9 Å². The van der Waals surface area contributed by atoms with Gasteiger partial charge in [-0.3, -0.25) is 0 Å². The quantitative estimate of drug-likeness (QED) is 0.413. The van der Waals surface area contributed by atoms with Crippen molar-refractivity contribution in [3.63, 3.8) is 0 Å². The van der Waals surface area contributed by atoms with Crippen molar-refractivity contribution in [2.45, 2.75) is 19.6 Å². The van der Waals surface area contributed by atoms with Gasteiger partial charge in [-0.15, -0.1) is 0 Å². The molecule has 4 nitrogen and oxygen atoms in total. The molecule has 0 aromatic heterocycles. The molecule has 0 bridgehead atoms. The Hall–Kier alpha value is 0.0569. The second-order valence-corrected chi connectivity index (χ2v) is 8.81. The Morgan fingerprint density at radius 3 is 1.62 bits per heavy atom. The second kappa shape index (κ2) is 10.2. The lowest BCUT2D eigenvalue weighted by molar-refractivity contribution is 0.0128. The van der Waals surface area contributed by atoms with E-state index in [0.717, 1.165) is 0 Å². The van der Waals surface area contributed by atoms with Crippen LogP contribution in [-0.4, -0.2) is 54.6 Å². The second-order valence-electron chi connectivity index (χ2n) is 4.30. The van der Waals surface area contributed by atoms with Crippen LogP contribution in [0.15, 0.2) is 0 Å². The number of rotatable bonds is 11. The predicted octanol–water partition coefficient (Wildman–Crippen LogP) is 1.72. The highest BCUT2D eigenvalue weighted by atomic mass is 28.4. The van der Waals surface area contributed by atoms with E-state index in [2.05, 4.69) is 26.6 Å². The highest BCUT2D eigenvalue weighted by molar-refractivity contribution is 6.69. The summed E-state index contributed by atoms with van der Waals surface area (Å²) in [7, 11) is -1.38. The largest absolute Gasteiger partial charge is 0.415 e. The summed E-state index contributed by atoms with van der Waals surface area (Å²) in [5, 5.41) is 0. The van der Waals surface area contributed by atoms with E-state index < -0.39 is 8.32 Å². The van der Waals surface area contributed by atoms with Gasteiger partial charge in [0.05, 0.1) is 39.6 Å². The van der Waals surface area contributed by atoms with Gasteiger partial charge in [-0.2, -0.15) is 0 Å². The molecule has 0 saturated heterocycles. The van der Waals surface area contributed by atoms with Gasteiger partial charge in [0.25, 0.3) is 0 Å². The van der Waals surface area contributed by atoms with Crippen molar-refractivity contribution in [3.8, 4) is 0 Å². The van der Waals surface area contributed by atoms with E-state index in [1.165, 1.54) is 0 Å². The summed E-state index contributed by atoms with van der Waals surface area (Å²) in [6.45, 7) is 14.3. The van der Waals surface area contributed by atoms with Crippen LogP contribution in [0.4, 0.5) is 0 Å². The maximum atomic E-state index is 5.64. The Kier molecular flexibility index (Phi) is 10.3. The molecule has 1 radical (unpaired) electrons. The Bertz CT molecular complexity index is 147. The van der Waals surface area contributed by atoms with Gasteiger partial charge in [-0.1, -0.05) is 0 Å². The minimum atomic E-state index is -1.38. The molecule has 16 heavy (non-hydrogen) atoms. The first-order valence-corrected chi connectivity index (χ1v) is 9.13. The van der Waals surface area contributed by atoms with Crippen LogP contribution in [0.2, 0.25) is 19.6 Å². The summed E-state index contributed by atoms with van der Waals surface area (Å²) in [5.41, 5.74) is 0. The first-order valence-electron chi connectivity index (χ1n) is 5.72. The van der Waals surface area contributed by atoms with Crippen LogP contribution in [0.25, 0.3) is 0 Å². The molecule has 97 valence electrons. The first-order chi connectivity index (χ1) is 7.56. The molecular formula is C11H25O4Si. The molecule has 0 heterocycles. The van der Waals surface area contributed by atoms with Gasteiger partial charge in [0.1, 0.15) is 0 Å². The number of hydrogen-bond donors (Lipinski definition) is 0. The highest BCUT2D eigenvalue weighted by Gasteiger charge is 2.12. The lowest BCUT2D eigenvalue weighted by Gasteiger charge is -2.16. The fourth-order valence-corrected chi connectivity index (χ4v) is 1.64. The maximum Gasteiger partial charge on any atom is 0.183 e. The lowest BCUT2D eigenvalue weighted by atomic mass is 10.7. The zero-order valence-corrected chi connectivity index (χ0v) is 11.8. The maximum absolute atomic E-state index is 5.64. The molecule has 0 amide bonds. The van der Waals surface area contributed by atoms with Crippen molar-refractivity contribution >= 4 is 8.32 Å². The van der Waals surface area contributed by atoms with Gasteiger partial charge in [0.15, 0.2) is 8.32 Å². The van der Waals surface area contributed by atoms with Crippen molar-refractivity contribution in [2.75, 3.05) is 46.2 Å². The zero-order valence-electron chi connectivity index (χ0n) is 10.8. The number of hydrogen-bond acceptors (Lipinski definition) is 4. The van der Waals surface area contributed by atoms with Crippen molar-refractivity contribution in [1.29, 1.82) is 0 Å². The van der Waals surface area contributed by atoms with Crippen LogP contribution >= 0.6 is 0 Å². The van der Waals surface area contributed by atoms with Crippen molar-refractivity contribution < 1.29 is 18.6 Å². The van der Waals surface area contributed by atoms with Crippen LogP contribution in [0.1, 0.15) is 0 Å². The molecule has 0 aliphatic rings. The molecule has 0 rings (SSSR count). The normalized spacial score (nSPS) is 12.0. The van der Waals surface area contributed by atoms with Gasteiger partial charge in [0.2, 0.25) is 0 Å². The van der Waals surface area contributed by atoms with E-state index >= 15 is 0 Å². The van der Waals surface area contributed by atoms with E-state index in [4.69, 9.17) is 18.6 Å². The molecule has 0 saturated carbocycles. The monoisotopic (exact) mass is 249 g/mol. The summed E-state index contributed by atoms with van der Waals surface area (Å²) in [6.07, 6.45) is 0. The Labute approximate surface area is 100 Å². The SMILES string of the molecule is [CH2]COCCOCCOCCO[Si](C)(C)C. The van der Waals surface area contributed by atoms with E-state index in [-0.39, 0.29) is 0 Å². The van der Waals surface area contributed by atoms with Gasteiger partial charge >= 0.3 is 0 Å². The molecule has 5 heteroatoms. The zero-order chi connectivity index (χ0) is 12.3. The Balaban J connectivity index is 2.99. The van der Waals surface area contributed by atoms with Gasteiger partial charge < -0.3 is 18.6 Å². The van der Waals surface area contributed by atoms with Gasteiger partial charge in [-0.25, -0.2) is 0 Å². The number of ether oxygens (including phenoxy) is 3. The minimum absolute atomic E-state index is 0.494. The Morgan fingerprint density at radius 1 is 0.750 bits per heavy atom. The third-order valence-corrected chi connectivity index (χ3v) is 2.72. The fraction of sp³-hybridized carbons (Fsp3) is 0.909. The van der Waals surface area contributed by atoms with Crippen molar-refractivity contribution in [2.24, 2.45) is 0 Å². The first kappa shape index (κ1) is 16.1. The van der Waals surface area contributed by atoms with Crippen molar-refractivity contribution in [1.82, 2.24) is 0 Å². The predicted molar refractivity (Wildman–Crippen MR) is 67.1 cm³/mol. The van der Waals surface area contributed by atoms with Crippen LogP contribution in [0, 0.1) is 6.92 Å². The molecule has 0 unspecified atom stereocenters. The van der Waals surface area contributed by atoms with Crippen molar-refractivity contribution in [3.05, 3.63) is 6.92 Å². The van der Waals surface area contributed by atoms with E-state index in [1.807, 2.05) is 0 Å². The standard InChI is InChI=1S/C11H25O4Si/c1-5-12-6-7-13-8-9-14-10-11-15-16(2,3)4/h1,5-11H2,2-4H3. The molecule has 0 fully saturated rings. The van der Waals surface area contributed by atoms with E-state index in [0.29, 0.717) is 46.2 Å². The molecular weight excluding hydrogens is 224 g/mol.